The first kappa shape index (κ1) is 28.6. The van der Waals surface area contributed by atoms with Gasteiger partial charge in [-0.15, -0.1) is 0 Å². The maximum atomic E-state index is 12.7. The zero-order chi connectivity index (χ0) is 27.3. The van der Waals surface area contributed by atoms with Crippen LogP contribution in [0, 0.1) is 13.8 Å². The highest BCUT2D eigenvalue weighted by molar-refractivity contribution is 7.82. The van der Waals surface area contributed by atoms with Gasteiger partial charge in [-0.3, -0.25) is 14.6 Å². The van der Waals surface area contributed by atoms with E-state index in [0.29, 0.717) is 34.4 Å². The summed E-state index contributed by atoms with van der Waals surface area (Å²) < 4.78 is 14.4. The number of fused-ring (bicyclic) bond motifs is 1. The fraction of sp³-hybridized carbons (Fsp3) is 0.143. The molecule has 8 nitrogen and oxygen atoms in total. The Hall–Kier alpha value is -3.92. The zero-order valence-electron chi connectivity index (χ0n) is 21.0. The topological polar surface area (TPSA) is 104 Å². The third-order valence-electron chi connectivity index (χ3n) is 5.15. The van der Waals surface area contributed by atoms with Crippen LogP contribution in [0.2, 0.25) is 5.02 Å². The van der Waals surface area contributed by atoms with Crippen LogP contribution < -0.4 is 10.6 Å². The minimum Gasteiger partial charge on any atom is -0.325 e. The summed E-state index contributed by atoms with van der Waals surface area (Å²) in [5.41, 5.74) is 3.76. The summed E-state index contributed by atoms with van der Waals surface area (Å²) in [6.45, 7) is 4.45. The Bertz CT molecular complexity index is 1360. The fourth-order valence-corrected chi connectivity index (χ4v) is 4.61. The number of benzene rings is 2. The highest BCUT2D eigenvalue weighted by Gasteiger charge is 2.24. The summed E-state index contributed by atoms with van der Waals surface area (Å²) in [7, 11) is -1.38. The second-order valence-electron chi connectivity index (χ2n) is 8.16. The van der Waals surface area contributed by atoms with E-state index in [9.17, 15) is 13.8 Å². The Morgan fingerprint density at radius 3 is 2.24 bits per heavy atom. The number of amides is 2. The first-order valence-corrected chi connectivity index (χ1v) is 13.1. The molecular weight excluding hydrogens is 522 g/mol. The molecule has 0 saturated carbocycles. The van der Waals surface area contributed by atoms with E-state index in [0.717, 1.165) is 16.8 Å². The number of halogens is 1. The van der Waals surface area contributed by atoms with Crippen LogP contribution in [0.5, 0.6) is 0 Å². The molecule has 0 bridgehead atoms. The number of carbonyl (C=O) groups excluding carboxylic acids is 2. The molecule has 3 heterocycles. The standard InChI is InChI=1S/C16H15ClN2O2S.C6H6N2O.C6H7N/c1-11-2-6-14(7-3-11)22(21)19-9-12-4-5-13(17)8-15(12)18-16(20)10-19;9-5-8-6-3-1-2-4-7-6;1-6-4-2-3-5-7-6/h2-8H,9-10H2,1H3,(H,18,20);1-5H,(H,7,8,9);2-5H,1H3. The van der Waals surface area contributed by atoms with Crippen LogP contribution in [0.3, 0.4) is 0 Å². The van der Waals surface area contributed by atoms with Crippen molar-refractivity contribution in [2.45, 2.75) is 25.3 Å². The van der Waals surface area contributed by atoms with Crippen molar-refractivity contribution in [1.82, 2.24) is 14.3 Å². The van der Waals surface area contributed by atoms with E-state index in [1.807, 2.05) is 62.4 Å². The number of nitrogens with zero attached hydrogens (tertiary/aromatic N) is 3. The zero-order valence-corrected chi connectivity index (χ0v) is 22.6. The molecule has 0 saturated heterocycles. The van der Waals surface area contributed by atoms with Crippen molar-refractivity contribution < 1.29 is 13.8 Å². The summed E-state index contributed by atoms with van der Waals surface area (Å²) >= 11 is 5.96. The van der Waals surface area contributed by atoms with Gasteiger partial charge in [-0.25, -0.2) is 13.5 Å². The highest BCUT2D eigenvalue weighted by atomic mass is 35.5. The third-order valence-corrected chi connectivity index (χ3v) is 6.79. The number of anilines is 2. The van der Waals surface area contributed by atoms with Crippen LogP contribution >= 0.6 is 11.6 Å². The number of nitrogens with one attached hydrogen (secondary N) is 2. The predicted octanol–water partition coefficient (Wildman–Crippen LogP) is 5.17. The lowest BCUT2D eigenvalue weighted by atomic mass is 10.2. The number of hydrogen-bond donors (Lipinski definition) is 2. The van der Waals surface area contributed by atoms with Gasteiger partial charge in [0.2, 0.25) is 12.3 Å². The molecule has 10 heteroatoms. The molecule has 38 heavy (non-hydrogen) atoms. The molecular formula is C28H28ClN5O3S. The normalized spacial score (nSPS) is 13.2. The molecule has 1 atom stereocenters. The molecule has 4 aromatic rings. The van der Waals surface area contributed by atoms with E-state index in [1.54, 1.807) is 47.0 Å². The van der Waals surface area contributed by atoms with Gasteiger partial charge < -0.3 is 10.6 Å². The number of carbonyl (C=O) groups is 2. The van der Waals surface area contributed by atoms with Crippen LogP contribution in [0.1, 0.15) is 16.8 Å². The van der Waals surface area contributed by atoms with E-state index in [2.05, 4.69) is 20.6 Å². The van der Waals surface area contributed by atoms with E-state index in [-0.39, 0.29) is 12.5 Å². The minimum atomic E-state index is -1.38. The average Bonchev–Trinajstić information content (AvgIpc) is 3.08. The molecule has 1 aliphatic rings. The maximum Gasteiger partial charge on any atom is 0.239 e. The van der Waals surface area contributed by atoms with Gasteiger partial charge in [0.15, 0.2) is 0 Å². The fourth-order valence-electron chi connectivity index (χ4n) is 3.28. The molecule has 1 unspecified atom stereocenters. The van der Waals surface area contributed by atoms with E-state index in [4.69, 9.17) is 11.6 Å². The first-order chi connectivity index (χ1) is 18.4. The molecule has 2 aromatic heterocycles. The number of pyridine rings is 2. The molecule has 5 rings (SSSR count). The van der Waals surface area contributed by atoms with E-state index in [1.165, 1.54) is 0 Å². The second kappa shape index (κ2) is 14.7. The smallest absolute Gasteiger partial charge is 0.239 e. The molecule has 1 aliphatic heterocycles. The van der Waals surface area contributed by atoms with Crippen molar-refractivity contribution in [1.29, 1.82) is 0 Å². The summed E-state index contributed by atoms with van der Waals surface area (Å²) in [5, 5.41) is 5.79. The Labute approximate surface area is 229 Å². The third kappa shape index (κ3) is 9.19. The summed E-state index contributed by atoms with van der Waals surface area (Å²) in [6, 6.07) is 24.0. The van der Waals surface area contributed by atoms with Crippen LogP contribution in [-0.2, 0) is 27.1 Å². The number of hydrogen-bond acceptors (Lipinski definition) is 5. The molecule has 0 radical (unpaired) electrons. The van der Waals surface area contributed by atoms with Crippen molar-refractivity contribution in [3.63, 3.8) is 0 Å². The molecule has 2 aromatic carbocycles. The van der Waals surface area contributed by atoms with Crippen LogP contribution in [0.25, 0.3) is 0 Å². The van der Waals surface area contributed by atoms with Crippen molar-refractivity contribution in [3.8, 4) is 0 Å². The SMILES string of the molecule is Cc1ccc(S(=O)N2CC(=O)Nc3cc(Cl)ccc3C2)cc1.Cc1ccccn1.O=CNc1ccccn1. The summed E-state index contributed by atoms with van der Waals surface area (Å²) in [5.74, 6) is 0.383. The van der Waals surface area contributed by atoms with Gasteiger partial charge in [0.25, 0.3) is 0 Å². The lowest BCUT2D eigenvalue weighted by Crippen LogP contribution is -2.31. The Morgan fingerprint density at radius 1 is 0.947 bits per heavy atom. The molecule has 0 aliphatic carbocycles. The Morgan fingerprint density at radius 2 is 1.66 bits per heavy atom. The van der Waals surface area contributed by atoms with Gasteiger partial charge in [0, 0.05) is 35.3 Å². The molecule has 2 N–H and O–H groups in total. The van der Waals surface area contributed by atoms with Gasteiger partial charge in [0.05, 0.1) is 11.4 Å². The Kier molecular flexibility index (Phi) is 11.1. The van der Waals surface area contributed by atoms with Crippen LogP contribution in [-0.4, -0.2) is 37.3 Å². The van der Waals surface area contributed by atoms with Gasteiger partial charge >= 0.3 is 0 Å². The van der Waals surface area contributed by atoms with Gasteiger partial charge in [-0.1, -0.05) is 47.5 Å². The first-order valence-electron chi connectivity index (χ1n) is 11.7. The lowest BCUT2D eigenvalue weighted by molar-refractivity contribution is -0.116. The quantitative estimate of drug-likeness (QED) is 0.342. The predicted molar refractivity (Wildman–Crippen MR) is 151 cm³/mol. The molecule has 196 valence electrons. The largest absolute Gasteiger partial charge is 0.325 e. The highest BCUT2D eigenvalue weighted by Crippen LogP contribution is 2.26. The number of rotatable bonds is 4. The molecule has 2 amide bonds. The number of aromatic nitrogens is 2. The minimum absolute atomic E-state index is 0.0762. The van der Waals surface area contributed by atoms with Crippen LogP contribution in [0.15, 0.2) is 96.2 Å². The Balaban J connectivity index is 0.000000204. The summed E-state index contributed by atoms with van der Waals surface area (Å²) in [6.07, 6.45) is 4.00. The monoisotopic (exact) mass is 549 g/mol. The van der Waals surface area contributed by atoms with E-state index >= 15 is 0 Å². The molecule has 0 spiro atoms. The van der Waals surface area contributed by atoms with Crippen molar-refractivity contribution in [2.24, 2.45) is 0 Å². The van der Waals surface area contributed by atoms with Crippen molar-refractivity contribution in [2.75, 3.05) is 17.2 Å². The lowest BCUT2D eigenvalue weighted by Gasteiger charge is -2.18. The maximum absolute atomic E-state index is 12.7. The number of aryl methyl sites for hydroxylation is 2. The van der Waals surface area contributed by atoms with Crippen LogP contribution in [0.4, 0.5) is 11.5 Å². The van der Waals surface area contributed by atoms with Gasteiger partial charge in [-0.2, -0.15) is 0 Å². The van der Waals surface area contributed by atoms with Crippen molar-refractivity contribution >= 4 is 46.4 Å². The second-order valence-corrected chi connectivity index (χ2v) is 10.1. The van der Waals surface area contributed by atoms with Gasteiger partial charge in [0.1, 0.15) is 16.8 Å². The van der Waals surface area contributed by atoms with E-state index < -0.39 is 11.0 Å². The van der Waals surface area contributed by atoms with Gasteiger partial charge in [-0.05, 0) is 67.9 Å². The van der Waals surface area contributed by atoms with Crippen molar-refractivity contribution in [3.05, 3.63) is 113 Å². The molecule has 0 fully saturated rings. The average molecular weight is 550 g/mol. The summed E-state index contributed by atoms with van der Waals surface area (Å²) in [4.78, 5) is 30.3.